The Balaban J connectivity index is 1.95. The van der Waals surface area contributed by atoms with E-state index >= 15 is 0 Å². The summed E-state index contributed by atoms with van der Waals surface area (Å²) < 4.78 is 0. The van der Waals surface area contributed by atoms with Gasteiger partial charge in [0.2, 0.25) is 0 Å². The van der Waals surface area contributed by atoms with Gasteiger partial charge in [0.15, 0.2) is 0 Å². The van der Waals surface area contributed by atoms with Crippen molar-refractivity contribution >= 4 is 22.7 Å². The Labute approximate surface area is 112 Å². The third-order valence-electron chi connectivity index (χ3n) is 2.47. The Morgan fingerprint density at radius 1 is 1.06 bits per heavy atom. The molecule has 0 N–H and O–H groups in total. The normalized spacial score (nSPS) is 10.2. The van der Waals surface area contributed by atoms with Crippen molar-refractivity contribution in [1.82, 2.24) is 9.97 Å². The fourth-order valence-electron chi connectivity index (χ4n) is 1.56. The van der Waals surface area contributed by atoms with Crippen LogP contribution in [0.1, 0.15) is 5.56 Å². The molecule has 0 aliphatic carbocycles. The second kappa shape index (κ2) is 4.69. The first-order chi connectivity index (χ1) is 8.86. The molecular weight excluding hydrogens is 262 g/mol. The van der Waals surface area contributed by atoms with Crippen LogP contribution in [-0.2, 0) is 0 Å². The van der Waals surface area contributed by atoms with Crippen molar-refractivity contribution in [2.75, 3.05) is 0 Å². The van der Waals surface area contributed by atoms with E-state index < -0.39 is 0 Å². The quantitative estimate of drug-likeness (QED) is 0.711. The van der Waals surface area contributed by atoms with E-state index in [1.807, 2.05) is 22.9 Å². The van der Waals surface area contributed by atoms with Crippen molar-refractivity contribution < 1.29 is 0 Å². The van der Waals surface area contributed by atoms with Crippen LogP contribution in [0.3, 0.4) is 0 Å². The van der Waals surface area contributed by atoms with E-state index in [0.717, 1.165) is 22.0 Å². The van der Waals surface area contributed by atoms with Crippen LogP contribution >= 0.6 is 22.7 Å². The van der Waals surface area contributed by atoms with Gasteiger partial charge in [0, 0.05) is 16.3 Å². The zero-order chi connectivity index (χ0) is 12.4. The van der Waals surface area contributed by atoms with Crippen LogP contribution in [-0.4, -0.2) is 9.97 Å². The highest BCUT2D eigenvalue weighted by Gasteiger charge is 2.07. The van der Waals surface area contributed by atoms with Crippen molar-refractivity contribution in [3.05, 3.63) is 46.1 Å². The highest BCUT2D eigenvalue weighted by Crippen LogP contribution is 2.28. The average molecular weight is 269 g/mol. The minimum atomic E-state index is 0.661. The van der Waals surface area contributed by atoms with Gasteiger partial charge in [-0.1, -0.05) is 12.1 Å². The molecule has 1 aromatic carbocycles. The first-order valence-electron chi connectivity index (χ1n) is 5.21. The molecule has 0 radical (unpaired) electrons. The van der Waals surface area contributed by atoms with Gasteiger partial charge >= 0.3 is 0 Å². The summed E-state index contributed by atoms with van der Waals surface area (Å²) in [6.45, 7) is 0. The molecule has 18 heavy (non-hydrogen) atoms. The molecule has 0 saturated carbocycles. The standard InChI is InChI=1S/C13H7N3S2/c14-5-9-1-3-10(4-2-9)11-7-18-13(16-11)12-6-17-8-15-12/h1-4,6-8H. The van der Waals surface area contributed by atoms with Crippen LogP contribution in [0.25, 0.3) is 22.0 Å². The Morgan fingerprint density at radius 2 is 1.89 bits per heavy atom. The van der Waals surface area contributed by atoms with Gasteiger partial charge in [0.25, 0.3) is 0 Å². The van der Waals surface area contributed by atoms with Gasteiger partial charge in [-0.3, -0.25) is 0 Å². The molecule has 0 atom stereocenters. The lowest BCUT2D eigenvalue weighted by Crippen LogP contribution is -1.80. The molecule has 3 nitrogen and oxygen atoms in total. The largest absolute Gasteiger partial charge is 0.242 e. The lowest BCUT2D eigenvalue weighted by molar-refractivity contribution is 1.34. The van der Waals surface area contributed by atoms with Crippen LogP contribution in [0.5, 0.6) is 0 Å². The van der Waals surface area contributed by atoms with Crippen LogP contribution in [0, 0.1) is 11.3 Å². The highest BCUT2D eigenvalue weighted by molar-refractivity contribution is 7.14. The molecule has 0 unspecified atom stereocenters. The SMILES string of the molecule is N#Cc1ccc(-c2csc(-c3cscn3)n2)cc1. The van der Waals surface area contributed by atoms with Crippen molar-refractivity contribution in [1.29, 1.82) is 5.26 Å². The van der Waals surface area contributed by atoms with Crippen molar-refractivity contribution in [2.45, 2.75) is 0 Å². The Hall–Kier alpha value is -2.03. The molecule has 3 aromatic rings. The van der Waals surface area contributed by atoms with Gasteiger partial charge in [0.1, 0.15) is 10.7 Å². The van der Waals surface area contributed by atoms with Gasteiger partial charge in [-0.25, -0.2) is 9.97 Å². The van der Waals surface area contributed by atoms with E-state index in [2.05, 4.69) is 16.0 Å². The van der Waals surface area contributed by atoms with Crippen LogP contribution < -0.4 is 0 Å². The Bertz CT molecular complexity index is 691. The fraction of sp³-hybridized carbons (Fsp3) is 0. The van der Waals surface area contributed by atoms with E-state index in [0.29, 0.717) is 5.56 Å². The third kappa shape index (κ3) is 2.04. The summed E-state index contributed by atoms with van der Waals surface area (Å²) in [5.41, 5.74) is 5.33. The number of aromatic nitrogens is 2. The fourth-order valence-corrected chi connectivity index (χ4v) is 2.96. The van der Waals surface area contributed by atoms with E-state index in [-0.39, 0.29) is 0 Å². The maximum absolute atomic E-state index is 8.76. The Morgan fingerprint density at radius 3 is 2.56 bits per heavy atom. The lowest BCUT2D eigenvalue weighted by atomic mass is 10.1. The van der Waals surface area contributed by atoms with E-state index in [4.69, 9.17) is 5.26 Å². The number of thiazole rings is 2. The molecule has 0 bridgehead atoms. The molecule has 2 aromatic heterocycles. The summed E-state index contributed by atoms with van der Waals surface area (Å²) in [5, 5.41) is 13.7. The minimum Gasteiger partial charge on any atom is -0.242 e. The van der Waals surface area contributed by atoms with Crippen molar-refractivity contribution in [2.24, 2.45) is 0 Å². The smallest absolute Gasteiger partial charge is 0.143 e. The third-order valence-corrected chi connectivity index (χ3v) is 3.92. The van der Waals surface area contributed by atoms with Gasteiger partial charge in [-0.2, -0.15) is 5.26 Å². The number of hydrogen-bond acceptors (Lipinski definition) is 5. The number of rotatable bonds is 2. The number of nitrogens with zero attached hydrogens (tertiary/aromatic N) is 3. The molecule has 3 rings (SSSR count). The van der Waals surface area contributed by atoms with Gasteiger partial charge in [-0.15, -0.1) is 22.7 Å². The lowest BCUT2D eigenvalue weighted by Gasteiger charge is -1.95. The topological polar surface area (TPSA) is 49.6 Å². The minimum absolute atomic E-state index is 0.661. The van der Waals surface area contributed by atoms with Crippen molar-refractivity contribution in [3.63, 3.8) is 0 Å². The molecule has 5 heteroatoms. The summed E-state index contributed by atoms with van der Waals surface area (Å²) in [6.07, 6.45) is 0. The molecule has 0 fully saturated rings. The zero-order valence-corrected chi connectivity index (χ0v) is 10.8. The predicted molar refractivity (Wildman–Crippen MR) is 73.4 cm³/mol. The second-order valence-electron chi connectivity index (χ2n) is 3.60. The number of hydrogen-bond donors (Lipinski definition) is 0. The maximum Gasteiger partial charge on any atom is 0.143 e. The van der Waals surface area contributed by atoms with Crippen LogP contribution in [0.4, 0.5) is 0 Å². The molecule has 86 valence electrons. The van der Waals surface area contributed by atoms with E-state index in [9.17, 15) is 0 Å². The van der Waals surface area contributed by atoms with Crippen molar-refractivity contribution in [3.8, 4) is 28.0 Å². The summed E-state index contributed by atoms with van der Waals surface area (Å²) in [5.74, 6) is 0. The molecule has 0 aliphatic rings. The Kier molecular flexibility index (Phi) is 2.89. The maximum atomic E-state index is 8.76. The molecule has 0 aliphatic heterocycles. The predicted octanol–water partition coefficient (Wildman–Crippen LogP) is 3.81. The van der Waals surface area contributed by atoms with E-state index in [1.54, 1.807) is 40.3 Å². The summed E-state index contributed by atoms with van der Waals surface area (Å²) >= 11 is 3.14. The zero-order valence-electron chi connectivity index (χ0n) is 9.20. The molecule has 0 amide bonds. The monoisotopic (exact) mass is 269 g/mol. The molecule has 0 spiro atoms. The molecule has 2 heterocycles. The molecule has 0 saturated heterocycles. The van der Waals surface area contributed by atoms with Gasteiger partial charge in [-0.05, 0) is 12.1 Å². The summed E-state index contributed by atoms with van der Waals surface area (Å²) in [7, 11) is 0. The molecular formula is C13H7N3S2. The summed E-state index contributed by atoms with van der Waals surface area (Å²) in [4.78, 5) is 8.80. The number of nitriles is 1. The van der Waals surface area contributed by atoms with Crippen LogP contribution in [0.2, 0.25) is 0 Å². The van der Waals surface area contributed by atoms with Crippen LogP contribution in [0.15, 0.2) is 40.5 Å². The van der Waals surface area contributed by atoms with Gasteiger partial charge in [0.05, 0.1) is 22.8 Å². The highest BCUT2D eigenvalue weighted by atomic mass is 32.1. The number of benzene rings is 1. The van der Waals surface area contributed by atoms with E-state index in [1.165, 1.54) is 0 Å². The second-order valence-corrected chi connectivity index (χ2v) is 5.18. The first kappa shape index (κ1) is 11.1. The summed E-state index contributed by atoms with van der Waals surface area (Å²) in [6, 6.07) is 9.54. The van der Waals surface area contributed by atoms with Gasteiger partial charge < -0.3 is 0 Å². The average Bonchev–Trinajstić information content (AvgIpc) is 3.09. The first-order valence-corrected chi connectivity index (χ1v) is 7.04.